The van der Waals surface area contributed by atoms with Crippen molar-refractivity contribution in [3.63, 3.8) is 0 Å². The van der Waals surface area contributed by atoms with Crippen LogP contribution >= 0.6 is 0 Å². The van der Waals surface area contributed by atoms with Gasteiger partial charge in [-0.2, -0.15) is 0 Å². The average Bonchev–Trinajstić information content (AvgIpc) is 2.40. The Hall–Kier alpha value is -0.790. The molecule has 1 N–H and O–H groups in total. The SMILES string of the molecule is CC1(C)CCC[C@]2(C)[C@H]3CC[C@H](C(=O)O)[C@H]4C=C[C@]43CC[C@@H]12. The highest BCUT2D eigenvalue weighted by Crippen LogP contribution is 2.71. The zero-order chi connectivity index (χ0) is 15.8. The fraction of sp³-hybridized carbons (Fsp3) is 0.850. The van der Waals surface area contributed by atoms with E-state index in [0.717, 1.165) is 18.8 Å². The number of aliphatic carboxylic acids is 1. The summed E-state index contributed by atoms with van der Waals surface area (Å²) in [7, 11) is 0. The number of carboxylic acid groups (broad SMARTS) is 1. The minimum absolute atomic E-state index is 0.127. The molecule has 4 rings (SSSR count). The van der Waals surface area contributed by atoms with E-state index >= 15 is 0 Å². The Morgan fingerprint density at radius 1 is 1.05 bits per heavy atom. The molecule has 0 radical (unpaired) electrons. The summed E-state index contributed by atoms with van der Waals surface area (Å²) in [6.45, 7) is 7.50. The van der Waals surface area contributed by atoms with E-state index in [2.05, 4.69) is 32.9 Å². The van der Waals surface area contributed by atoms with E-state index in [-0.39, 0.29) is 11.3 Å². The number of rotatable bonds is 1. The summed E-state index contributed by atoms with van der Waals surface area (Å²) in [6.07, 6.45) is 13.3. The fourth-order valence-corrected chi connectivity index (χ4v) is 7.45. The van der Waals surface area contributed by atoms with E-state index in [0.29, 0.717) is 22.7 Å². The maximum absolute atomic E-state index is 11.6. The van der Waals surface area contributed by atoms with Crippen molar-refractivity contribution in [1.82, 2.24) is 0 Å². The third-order valence-corrected chi connectivity index (χ3v) is 8.34. The van der Waals surface area contributed by atoms with Gasteiger partial charge in [0.1, 0.15) is 0 Å². The standard InChI is InChI=1S/C20H30O2/c1-18(2)9-4-10-19(3)15(18)8-12-20-11-7-14(20)13(17(21)22)5-6-16(19)20/h7,11,13-16H,4-6,8-10,12H2,1-3H3,(H,21,22)/t13-,14+,15-,16+,19-,20-/m0/s1. The van der Waals surface area contributed by atoms with Gasteiger partial charge in [0.2, 0.25) is 0 Å². The Morgan fingerprint density at radius 3 is 2.45 bits per heavy atom. The van der Waals surface area contributed by atoms with Crippen molar-refractivity contribution in [2.24, 2.45) is 39.9 Å². The highest BCUT2D eigenvalue weighted by molar-refractivity contribution is 5.71. The van der Waals surface area contributed by atoms with Gasteiger partial charge in [-0.1, -0.05) is 39.3 Å². The summed E-state index contributed by atoms with van der Waals surface area (Å²) in [5.74, 6) is 1.15. The smallest absolute Gasteiger partial charge is 0.307 e. The highest BCUT2D eigenvalue weighted by Gasteiger charge is 2.65. The van der Waals surface area contributed by atoms with Crippen molar-refractivity contribution in [2.45, 2.75) is 65.7 Å². The van der Waals surface area contributed by atoms with Gasteiger partial charge in [-0.05, 0) is 72.5 Å². The van der Waals surface area contributed by atoms with Gasteiger partial charge >= 0.3 is 5.97 Å². The summed E-state index contributed by atoms with van der Waals surface area (Å²) < 4.78 is 0. The molecular formula is C20H30O2. The third kappa shape index (κ3) is 1.65. The molecule has 0 aromatic rings. The van der Waals surface area contributed by atoms with Gasteiger partial charge < -0.3 is 5.11 Å². The Balaban J connectivity index is 1.72. The zero-order valence-corrected chi connectivity index (χ0v) is 14.3. The normalized spacial score (nSPS) is 52.0. The molecule has 0 heterocycles. The quantitative estimate of drug-likeness (QED) is 0.700. The van der Waals surface area contributed by atoms with Crippen molar-refractivity contribution in [2.75, 3.05) is 0 Å². The summed E-state index contributed by atoms with van der Waals surface area (Å²) in [5, 5.41) is 9.59. The number of carbonyl (C=O) groups is 1. The fourth-order valence-electron chi connectivity index (χ4n) is 7.45. The molecule has 0 amide bonds. The molecule has 122 valence electrons. The van der Waals surface area contributed by atoms with E-state index in [4.69, 9.17) is 0 Å². The second-order valence-corrected chi connectivity index (χ2v) is 9.51. The van der Waals surface area contributed by atoms with Crippen LogP contribution in [-0.4, -0.2) is 11.1 Å². The van der Waals surface area contributed by atoms with Crippen LogP contribution in [0.1, 0.15) is 65.7 Å². The maximum atomic E-state index is 11.6. The lowest BCUT2D eigenvalue weighted by Gasteiger charge is -2.68. The molecule has 3 fully saturated rings. The first kappa shape index (κ1) is 14.8. The predicted octanol–water partition coefficient (Wildman–Crippen LogP) is 4.90. The summed E-state index contributed by atoms with van der Waals surface area (Å²) in [6, 6.07) is 0. The van der Waals surface area contributed by atoms with Gasteiger partial charge in [0.25, 0.3) is 0 Å². The minimum atomic E-state index is -0.566. The van der Waals surface area contributed by atoms with Gasteiger partial charge in [0.15, 0.2) is 0 Å². The van der Waals surface area contributed by atoms with Crippen LogP contribution in [0.5, 0.6) is 0 Å². The van der Waals surface area contributed by atoms with Crippen LogP contribution in [0.2, 0.25) is 0 Å². The molecule has 2 nitrogen and oxygen atoms in total. The molecule has 0 aromatic carbocycles. The zero-order valence-electron chi connectivity index (χ0n) is 14.3. The van der Waals surface area contributed by atoms with Crippen molar-refractivity contribution < 1.29 is 9.90 Å². The van der Waals surface area contributed by atoms with Crippen LogP contribution in [0.4, 0.5) is 0 Å². The average molecular weight is 302 g/mol. The molecule has 4 aliphatic carbocycles. The second kappa shape index (κ2) is 4.39. The monoisotopic (exact) mass is 302 g/mol. The number of fused-ring (bicyclic) bond motifs is 2. The van der Waals surface area contributed by atoms with E-state index in [1.165, 1.54) is 32.1 Å². The van der Waals surface area contributed by atoms with Crippen LogP contribution in [-0.2, 0) is 4.79 Å². The van der Waals surface area contributed by atoms with Gasteiger partial charge in [0.05, 0.1) is 5.92 Å². The number of hydrogen-bond donors (Lipinski definition) is 1. The van der Waals surface area contributed by atoms with Gasteiger partial charge in [-0.3, -0.25) is 4.79 Å². The van der Waals surface area contributed by atoms with Crippen LogP contribution in [0.25, 0.3) is 0 Å². The summed E-state index contributed by atoms with van der Waals surface area (Å²) in [5.41, 5.74) is 1.10. The number of hydrogen-bond acceptors (Lipinski definition) is 1. The lowest BCUT2D eigenvalue weighted by atomic mass is 9.36. The summed E-state index contributed by atoms with van der Waals surface area (Å²) in [4.78, 5) is 11.6. The molecule has 0 aromatic heterocycles. The van der Waals surface area contributed by atoms with Crippen molar-refractivity contribution in [3.8, 4) is 0 Å². The van der Waals surface area contributed by atoms with Crippen LogP contribution in [0, 0.1) is 39.9 Å². The van der Waals surface area contributed by atoms with Gasteiger partial charge in [-0.25, -0.2) is 0 Å². The Labute approximate surface area is 134 Å². The minimum Gasteiger partial charge on any atom is -0.481 e. The molecule has 1 spiro atoms. The largest absolute Gasteiger partial charge is 0.481 e. The third-order valence-electron chi connectivity index (χ3n) is 8.34. The molecule has 0 bridgehead atoms. The first-order valence-electron chi connectivity index (χ1n) is 9.23. The molecular weight excluding hydrogens is 272 g/mol. The molecule has 6 atom stereocenters. The number of carboxylic acids is 1. The second-order valence-electron chi connectivity index (χ2n) is 9.51. The van der Waals surface area contributed by atoms with Crippen LogP contribution in [0.3, 0.4) is 0 Å². The van der Waals surface area contributed by atoms with Gasteiger partial charge in [-0.15, -0.1) is 0 Å². The van der Waals surface area contributed by atoms with Gasteiger partial charge in [0, 0.05) is 0 Å². The Morgan fingerprint density at radius 2 is 1.82 bits per heavy atom. The van der Waals surface area contributed by atoms with Crippen molar-refractivity contribution >= 4 is 5.97 Å². The lowest BCUT2D eigenvalue weighted by molar-refractivity contribution is -0.175. The van der Waals surface area contributed by atoms with Crippen molar-refractivity contribution in [1.29, 1.82) is 0 Å². The summed E-state index contributed by atoms with van der Waals surface area (Å²) >= 11 is 0. The Bertz CT molecular complexity index is 534. The highest BCUT2D eigenvalue weighted by atomic mass is 16.4. The lowest BCUT2D eigenvalue weighted by Crippen LogP contribution is -2.62. The molecule has 4 aliphatic rings. The number of allylic oxidation sites excluding steroid dienone is 2. The topological polar surface area (TPSA) is 37.3 Å². The molecule has 0 unspecified atom stereocenters. The van der Waals surface area contributed by atoms with E-state index in [1.54, 1.807) is 0 Å². The molecule has 22 heavy (non-hydrogen) atoms. The van der Waals surface area contributed by atoms with E-state index in [9.17, 15) is 9.90 Å². The maximum Gasteiger partial charge on any atom is 0.307 e. The molecule has 0 saturated heterocycles. The predicted molar refractivity (Wildman–Crippen MR) is 87.4 cm³/mol. The molecule has 0 aliphatic heterocycles. The Kier molecular flexibility index (Phi) is 2.95. The van der Waals surface area contributed by atoms with E-state index in [1.807, 2.05) is 0 Å². The van der Waals surface area contributed by atoms with Crippen LogP contribution < -0.4 is 0 Å². The van der Waals surface area contributed by atoms with Crippen LogP contribution in [0.15, 0.2) is 12.2 Å². The van der Waals surface area contributed by atoms with E-state index < -0.39 is 5.97 Å². The first-order chi connectivity index (χ1) is 10.3. The first-order valence-corrected chi connectivity index (χ1v) is 9.23. The molecule has 3 saturated carbocycles. The molecule has 2 heteroatoms. The van der Waals surface area contributed by atoms with Crippen molar-refractivity contribution in [3.05, 3.63) is 12.2 Å².